The maximum absolute atomic E-state index is 12.0. The van der Waals surface area contributed by atoms with E-state index >= 15 is 0 Å². The largest absolute Gasteiger partial charge is 0.488 e. The molecule has 2 aromatic rings. The number of amides is 1. The molecule has 2 rings (SSSR count). The quantitative estimate of drug-likeness (QED) is 0.804. The van der Waals surface area contributed by atoms with Gasteiger partial charge < -0.3 is 15.0 Å². The number of benzene rings is 2. The highest BCUT2D eigenvalue weighted by atomic mass is 16.5. The molecule has 0 radical (unpaired) electrons. The van der Waals surface area contributed by atoms with Crippen molar-refractivity contribution >= 4 is 11.6 Å². The number of carbonyl (C=O) groups excluding carboxylic acids is 1. The number of hydrogen-bond donors (Lipinski definition) is 2. The van der Waals surface area contributed by atoms with Gasteiger partial charge in [-0.1, -0.05) is 24.3 Å². The summed E-state index contributed by atoms with van der Waals surface area (Å²) in [4.78, 5) is 13.1. The van der Waals surface area contributed by atoms with Gasteiger partial charge in [-0.3, -0.25) is 4.79 Å². The molecule has 0 aromatic heterocycles. The smallest absolute Gasteiger partial charge is 0.279 e. The first-order valence-electron chi connectivity index (χ1n) is 7.46. The van der Waals surface area contributed by atoms with Crippen LogP contribution in [0.15, 0.2) is 54.6 Å². The topological polar surface area (TPSA) is 66.6 Å². The van der Waals surface area contributed by atoms with E-state index in [1.54, 1.807) is 24.3 Å². The summed E-state index contributed by atoms with van der Waals surface area (Å²) in [5, 5.41) is 11.7. The van der Waals surface area contributed by atoms with Crippen molar-refractivity contribution in [3.8, 4) is 11.8 Å². The molecule has 0 aliphatic heterocycles. The first kappa shape index (κ1) is 16.5. The van der Waals surface area contributed by atoms with Gasteiger partial charge in [0, 0.05) is 5.69 Å². The van der Waals surface area contributed by atoms with Crippen LogP contribution >= 0.6 is 0 Å². The van der Waals surface area contributed by atoms with E-state index in [1.807, 2.05) is 37.4 Å². The predicted molar refractivity (Wildman–Crippen MR) is 88.3 cm³/mol. The highest BCUT2D eigenvalue weighted by Gasteiger charge is 2.10. The van der Waals surface area contributed by atoms with Crippen LogP contribution in [-0.4, -0.2) is 32.7 Å². The molecule has 1 atom stereocenters. The lowest BCUT2D eigenvalue weighted by atomic mass is 10.2. The molecule has 0 saturated carbocycles. The summed E-state index contributed by atoms with van der Waals surface area (Å²) in [6, 6.07) is 18.5. The fraction of sp³-hybridized carbons (Fsp3) is 0.222. The molecular formula is C18H20N3O2+. The van der Waals surface area contributed by atoms with E-state index in [2.05, 4.69) is 11.4 Å². The van der Waals surface area contributed by atoms with Gasteiger partial charge in [0.15, 0.2) is 6.54 Å². The zero-order valence-electron chi connectivity index (χ0n) is 13.1. The molecule has 5 heteroatoms. The van der Waals surface area contributed by atoms with Gasteiger partial charge in [-0.15, -0.1) is 0 Å². The molecule has 0 saturated heterocycles. The maximum atomic E-state index is 12.0. The van der Waals surface area contributed by atoms with Gasteiger partial charge in [-0.2, -0.15) is 5.26 Å². The van der Waals surface area contributed by atoms with Crippen LogP contribution in [0.5, 0.6) is 5.75 Å². The Kier molecular flexibility index (Phi) is 6.16. The summed E-state index contributed by atoms with van der Waals surface area (Å²) in [7, 11) is 1.94. The normalized spacial score (nSPS) is 11.3. The number of anilines is 1. The number of quaternary nitrogens is 1. The molecule has 5 nitrogen and oxygen atoms in total. The standard InChI is InChI=1S/C18H19N3O2/c1-21(10-11-23-17-8-3-2-4-9-17)14-18(22)20-16-7-5-6-15(12-16)13-19/h2-9,12H,10-11,14H2,1H3,(H,20,22)/p+1. The minimum Gasteiger partial charge on any atom is -0.488 e. The first-order chi connectivity index (χ1) is 11.2. The van der Waals surface area contributed by atoms with Crippen molar-refractivity contribution in [2.75, 3.05) is 32.1 Å². The van der Waals surface area contributed by atoms with E-state index in [-0.39, 0.29) is 5.91 Å². The average molecular weight is 310 g/mol. The Morgan fingerprint density at radius 3 is 2.74 bits per heavy atom. The van der Waals surface area contributed by atoms with Crippen molar-refractivity contribution in [1.82, 2.24) is 0 Å². The summed E-state index contributed by atoms with van der Waals surface area (Å²) in [6.45, 7) is 1.61. The summed E-state index contributed by atoms with van der Waals surface area (Å²) in [5.74, 6) is 0.746. The summed E-state index contributed by atoms with van der Waals surface area (Å²) in [6.07, 6.45) is 0. The van der Waals surface area contributed by atoms with E-state index < -0.39 is 0 Å². The monoisotopic (exact) mass is 310 g/mol. The van der Waals surface area contributed by atoms with Gasteiger partial charge in [-0.05, 0) is 30.3 Å². The van der Waals surface area contributed by atoms with Crippen LogP contribution in [0.4, 0.5) is 5.69 Å². The number of nitriles is 1. The molecule has 0 spiro atoms. The van der Waals surface area contributed by atoms with E-state index in [1.165, 1.54) is 0 Å². The molecule has 0 fully saturated rings. The minimum absolute atomic E-state index is 0.0858. The van der Waals surface area contributed by atoms with Crippen LogP contribution in [-0.2, 0) is 4.79 Å². The maximum Gasteiger partial charge on any atom is 0.279 e. The second kappa shape index (κ2) is 8.57. The lowest BCUT2D eigenvalue weighted by Gasteiger charge is -2.14. The number of ether oxygens (including phenoxy) is 1. The molecule has 1 unspecified atom stereocenters. The second-order valence-electron chi connectivity index (χ2n) is 5.29. The third kappa shape index (κ3) is 5.81. The first-order valence-corrected chi connectivity index (χ1v) is 7.46. The van der Waals surface area contributed by atoms with Crippen LogP contribution in [0, 0.1) is 11.3 Å². The molecule has 0 aliphatic carbocycles. The van der Waals surface area contributed by atoms with Crippen molar-refractivity contribution in [3.63, 3.8) is 0 Å². The SMILES string of the molecule is C[NH+](CCOc1ccccc1)CC(=O)Nc1cccc(C#N)c1. The number of nitrogens with one attached hydrogen (secondary N) is 2. The Labute approximate surface area is 136 Å². The van der Waals surface area contributed by atoms with E-state index in [4.69, 9.17) is 10.00 Å². The Bertz CT molecular complexity index is 680. The molecule has 23 heavy (non-hydrogen) atoms. The van der Waals surface area contributed by atoms with Crippen molar-refractivity contribution in [3.05, 3.63) is 60.2 Å². The second-order valence-corrected chi connectivity index (χ2v) is 5.29. The Balaban J connectivity index is 1.73. The molecule has 2 aromatic carbocycles. The van der Waals surface area contributed by atoms with Gasteiger partial charge in [0.25, 0.3) is 5.91 Å². The van der Waals surface area contributed by atoms with E-state index in [9.17, 15) is 4.79 Å². The molecule has 0 aliphatic rings. The molecule has 1 amide bonds. The Hall–Kier alpha value is -2.84. The number of carbonyl (C=O) groups is 1. The van der Waals surface area contributed by atoms with Crippen molar-refractivity contribution < 1.29 is 14.4 Å². The van der Waals surface area contributed by atoms with Crippen molar-refractivity contribution in [2.24, 2.45) is 0 Å². The molecule has 2 N–H and O–H groups in total. The third-order valence-corrected chi connectivity index (χ3v) is 3.28. The summed E-state index contributed by atoms with van der Waals surface area (Å²) < 4.78 is 5.62. The molecular weight excluding hydrogens is 290 g/mol. The highest BCUT2D eigenvalue weighted by molar-refractivity contribution is 5.91. The fourth-order valence-electron chi connectivity index (χ4n) is 2.09. The van der Waals surface area contributed by atoms with Crippen molar-refractivity contribution in [2.45, 2.75) is 0 Å². The Morgan fingerprint density at radius 2 is 2.00 bits per heavy atom. The summed E-state index contributed by atoms with van der Waals surface area (Å²) in [5.41, 5.74) is 1.17. The van der Waals surface area contributed by atoms with Crippen molar-refractivity contribution in [1.29, 1.82) is 5.26 Å². The average Bonchev–Trinajstić information content (AvgIpc) is 2.56. The number of hydrogen-bond acceptors (Lipinski definition) is 3. The molecule has 0 bridgehead atoms. The van der Waals surface area contributed by atoms with Crippen LogP contribution < -0.4 is 15.0 Å². The zero-order valence-corrected chi connectivity index (χ0v) is 13.1. The Morgan fingerprint density at radius 1 is 1.22 bits per heavy atom. The number of nitrogens with zero attached hydrogens (tertiary/aromatic N) is 1. The van der Waals surface area contributed by atoms with Gasteiger partial charge in [0.1, 0.15) is 18.9 Å². The zero-order chi connectivity index (χ0) is 16.5. The summed E-state index contributed by atoms with van der Waals surface area (Å²) >= 11 is 0. The fourth-order valence-corrected chi connectivity index (χ4v) is 2.09. The van der Waals surface area contributed by atoms with Gasteiger partial charge >= 0.3 is 0 Å². The minimum atomic E-state index is -0.0858. The van der Waals surface area contributed by atoms with E-state index in [0.717, 1.165) is 17.2 Å². The van der Waals surface area contributed by atoms with Crippen LogP contribution in [0.2, 0.25) is 0 Å². The van der Waals surface area contributed by atoms with Crippen LogP contribution in [0.3, 0.4) is 0 Å². The van der Waals surface area contributed by atoms with Gasteiger partial charge in [0.05, 0.1) is 18.7 Å². The van der Waals surface area contributed by atoms with Crippen LogP contribution in [0.1, 0.15) is 5.56 Å². The van der Waals surface area contributed by atoms with E-state index in [0.29, 0.717) is 24.4 Å². The molecule has 0 heterocycles. The number of para-hydroxylation sites is 1. The van der Waals surface area contributed by atoms with Gasteiger partial charge in [0.2, 0.25) is 0 Å². The third-order valence-electron chi connectivity index (χ3n) is 3.28. The number of likely N-dealkylation sites (N-methyl/N-ethyl adjacent to an activating group) is 1. The lowest BCUT2D eigenvalue weighted by Crippen LogP contribution is -3.10. The number of rotatable bonds is 7. The lowest BCUT2D eigenvalue weighted by molar-refractivity contribution is -0.871. The van der Waals surface area contributed by atoms with Gasteiger partial charge in [-0.25, -0.2) is 0 Å². The predicted octanol–water partition coefficient (Wildman–Crippen LogP) is 1.09. The molecule has 118 valence electrons. The highest BCUT2D eigenvalue weighted by Crippen LogP contribution is 2.09. The van der Waals surface area contributed by atoms with Crippen LogP contribution in [0.25, 0.3) is 0 Å².